The zero-order chi connectivity index (χ0) is 13.2. The summed E-state index contributed by atoms with van der Waals surface area (Å²) in [5.74, 6) is 0.973. The molecule has 0 amide bonds. The molecule has 0 bridgehead atoms. The minimum absolute atomic E-state index is 0.445. The molecule has 0 aliphatic carbocycles. The Morgan fingerprint density at radius 1 is 1.21 bits per heavy atom. The summed E-state index contributed by atoms with van der Waals surface area (Å²) in [7, 11) is 0. The van der Waals surface area contributed by atoms with E-state index in [9.17, 15) is 0 Å². The van der Waals surface area contributed by atoms with E-state index in [1.807, 2.05) is 30.3 Å². The Bertz CT molecular complexity index is 715. The molecule has 0 saturated heterocycles. The molecule has 0 radical (unpaired) electrons. The van der Waals surface area contributed by atoms with Gasteiger partial charge in [-0.3, -0.25) is 4.98 Å². The van der Waals surface area contributed by atoms with E-state index in [1.54, 1.807) is 6.20 Å². The number of imidazole rings is 1. The number of benzene rings is 1. The number of para-hydroxylation sites is 2. The second-order valence-corrected chi connectivity index (χ2v) is 4.41. The van der Waals surface area contributed by atoms with E-state index in [0.29, 0.717) is 6.54 Å². The second-order valence-electron chi connectivity index (χ2n) is 4.41. The molecule has 2 N–H and O–H groups in total. The first-order valence-electron chi connectivity index (χ1n) is 6.44. The van der Waals surface area contributed by atoms with Crippen molar-refractivity contribution in [3.8, 4) is 11.4 Å². The summed E-state index contributed by atoms with van der Waals surface area (Å²) in [6.45, 7) is 3.46. The number of hydrogen-bond acceptors (Lipinski definition) is 3. The van der Waals surface area contributed by atoms with Crippen LogP contribution in [-0.4, -0.2) is 14.5 Å². The highest BCUT2D eigenvalue weighted by Gasteiger charge is 2.11. The van der Waals surface area contributed by atoms with Crippen LogP contribution in [0.2, 0.25) is 0 Å². The van der Waals surface area contributed by atoms with Crippen LogP contribution in [0.5, 0.6) is 0 Å². The Morgan fingerprint density at radius 3 is 2.84 bits per heavy atom. The SMILES string of the molecule is CCn1c(-c2ccnc(CN)c2)nc2ccccc21. The molecule has 0 aliphatic rings. The van der Waals surface area contributed by atoms with Gasteiger partial charge in [-0.05, 0) is 31.2 Å². The van der Waals surface area contributed by atoms with Crippen LogP contribution in [0.3, 0.4) is 0 Å². The van der Waals surface area contributed by atoms with Gasteiger partial charge in [-0.15, -0.1) is 0 Å². The maximum absolute atomic E-state index is 5.65. The number of rotatable bonds is 3. The topological polar surface area (TPSA) is 56.7 Å². The van der Waals surface area contributed by atoms with Crippen molar-refractivity contribution in [3.63, 3.8) is 0 Å². The number of aryl methyl sites for hydroxylation is 1. The standard InChI is InChI=1S/C15H16N4/c1-2-19-14-6-4-3-5-13(14)18-15(19)11-7-8-17-12(9-11)10-16/h3-9H,2,10,16H2,1H3. The highest BCUT2D eigenvalue weighted by Crippen LogP contribution is 2.24. The van der Waals surface area contributed by atoms with E-state index in [2.05, 4.69) is 22.5 Å². The van der Waals surface area contributed by atoms with Gasteiger partial charge in [0.2, 0.25) is 0 Å². The molecule has 0 atom stereocenters. The molecule has 1 aromatic carbocycles. The summed E-state index contributed by atoms with van der Waals surface area (Å²) in [4.78, 5) is 8.95. The lowest BCUT2D eigenvalue weighted by Crippen LogP contribution is -2.01. The van der Waals surface area contributed by atoms with Crippen LogP contribution >= 0.6 is 0 Å². The molecular weight excluding hydrogens is 236 g/mol. The van der Waals surface area contributed by atoms with Crippen LogP contribution in [0.25, 0.3) is 22.4 Å². The van der Waals surface area contributed by atoms with Crippen LogP contribution in [0.4, 0.5) is 0 Å². The van der Waals surface area contributed by atoms with Crippen molar-refractivity contribution in [2.75, 3.05) is 0 Å². The van der Waals surface area contributed by atoms with Crippen molar-refractivity contribution in [1.82, 2.24) is 14.5 Å². The average Bonchev–Trinajstić information content (AvgIpc) is 2.86. The largest absolute Gasteiger partial charge is 0.325 e. The lowest BCUT2D eigenvalue weighted by molar-refractivity contribution is 0.795. The predicted octanol–water partition coefficient (Wildman–Crippen LogP) is 2.58. The van der Waals surface area contributed by atoms with Crippen molar-refractivity contribution in [1.29, 1.82) is 0 Å². The normalized spacial score (nSPS) is 11.1. The fourth-order valence-electron chi connectivity index (χ4n) is 2.34. The van der Waals surface area contributed by atoms with E-state index >= 15 is 0 Å². The van der Waals surface area contributed by atoms with Crippen molar-refractivity contribution in [3.05, 3.63) is 48.3 Å². The van der Waals surface area contributed by atoms with Gasteiger partial charge in [0.05, 0.1) is 16.7 Å². The first kappa shape index (κ1) is 11.9. The van der Waals surface area contributed by atoms with Gasteiger partial charge in [-0.25, -0.2) is 4.98 Å². The smallest absolute Gasteiger partial charge is 0.141 e. The third kappa shape index (κ3) is 2.00. The number of pyridine rings is 1. The molecule has 19 heavy (non-hydrogen) atoms. The summed E-state index contributed by atoms with van der Waals surface area (Å²) in [5, 5.41) is 0. The average molecular weight is 252 g/mol. The van der Waals surface area contributed by atoms with Crippen LogP contribution < -0.4 is 5.73 Å². The maximum atomic E-state index is 5.65. The molecule has 4 nitrogen and oxygen atoms in total. The van der Waals surface area contributed by atoms with Crippen LogP contribution in [-0.2, 0) is 13.1 Å². The predicted molar refractivity (Wildman–Crippen MR) is 76.5 cm³/mol. The van der Waals surface area contributed by atoms with Gasteiger partial charge in [0.25, 0.3) is 0 Å². The Morgan fingerprint density at radius 2 is 2.05 bits per heavy atom. The molecule has 2 aromatic heterocycles. The first-order valence-corrected chi connectivity index (χ1v) is 6.44. The molecule has 0 spiro atoms. The summed E-state index contributed by atoms with van der Waals surface area (Å²) in [5.41, 5.74) is 9.78. The van der Waals surface area contributed by atoms with E-state index < -0.39 is 0 Å². The molecule has 0 saturated carbocycles. The number of nitrogens with zero attached hydrogens (tertiary/aromatic N) is 3. The van der Waals surface area contributed by atoms with Gasteiger partial charge in [0.15, 0.2) is 0 Å². The Hall–Kier alpha value is -2.20. The van der Waals surface area contributed by atoms with Crippen LogP contribution in [0.15, 0.2) is 42.6 Å². The van der Waals surface area contributed by atoms with Gasteiger partial charge in [-0.2, -0.15) is 0 Å². The molecule has 2 heterocycles. The third-order valence-electron chi connectivity index (χ3n) is 3.25. The van der Waals surface area contributed by atoms with Crippen molar-refractivity contribution in [2.45, 2.75) is 20.0 Å². The van der Waals surface area contributed by atoms with Gasteiger partial charge in [0, 0.05) is 24.8 Å². The highest BCUT2D eigenvalue weighted by molar-refractivity contribution is 5.80. The second kappa shape index (κ2) is 4.82. The monoisotopic (exact) mass is 252 g/mol. The fourth-order valence-corrected chi connectivity index (χ4v) is 2.34. The molecule has 0 aliphatic heterocycles. The van der Waals surface area contributed by atoms with E-state index in [4.69, 9.17) is 10.7 Å². The number of aromatic nitrogens is 3. The molecule has 96 valence electrons. The Balaban J connectivity index is 2.23. The number of fused-ring (bicyclic) bond motifs is 1. The molecule has 3 rings (SSSR count). The van der Waals surface area contributed by atoms with E-state index in [0.717, 1.165) is 34.7 Å². The number of hydrogen-bond donors (Lipinski definition) is 1. The van der Waals surface area contributed by atoms with Crippen molar-refractivity contribution in [2.24, 2.45) is 5.73 Å². The summed E-state index contributed by atoms with van der Waals surface area (Å²) < 4.78 is 2.21. The van der Waals surface area contributed by atoms with Crippen LogP contribution in [0, 0.1) is 0 Å². The quantitative estimate of drug-likeness (QED) is 0.779. The molecule has 3 aromatic rings. The highest BCUT2D eigenvalue weighted by atomic mass is 15.1. The van der Waals surface area contributed by atoms with Gasteiger partial charge < -0.3 is 10.3 Å². The van der Waals surface area contributed by atoms with E-state index in [1.165, 1.54) is 0 Å². The molecule has 0 fully saturated rings. The van der Waals surface area contributed by atoms with Gasteiger partial charge >= 0.3 is 0 Å². The van der Waals surface area contributed by atoms with Crippen molar-refractivity contribution >= 4 is 11.0 Å². The lowest BCUT2D eigenvalue weighted by atomic mass is 10.2. The third-order valence-corrected chi connectivity index (χ3v) is 3.25. The molecule has 4 heteroatoms. The van der Waals surface area contributed by atoms with Gasteiger partial charge in [0.1, 0.15) is 5.82 Å². The first-order chi connectivity index (χ1) is 9.33. The van der Waals surface area contributed by atoms with E-state index in [-0.39, 0.29) is 0 Å². The molecule has 0 unspecified atom stereocenters. The molecular formula is C15H16N4. The van der Waals surface area contributed by atoms with Gasteiger partial charge in [-0.1, -0.05) is 12.1 Å². The summed E-state index contributed by atoms with van der Waals surface area (Å²) in [6.07, 6.45) is 1.79. The number of nitrogens with two attached hydrogens (primary N) is 1. The fraction of sp³-hybridized carbons (Fsp3) is 0.200. The lowest BCUT2D eigenvalue weighted by Gasteiger charge is -2.06. The van der Waals surface area contributed by atoms with Crippen LogP contribution in [0.1, 0.15) is 12.6 Å². The Labute approximate surface area is 111 Å². The minimum atomic E-state index is 0.445. The summed E-state index contributed by atoms with van der Waals surface area (Å²) >= 11 is 0. The maximum Gasteiger partial charge on any atom is 0.141 e. The van der Waals surface area contributed by atoms with Crippen molar-refractivity contribution < 1.29 is 0 Å². The summed E-state index contributed by atoms with van der Waals surface area (Å²) in [6, 6.07) is 12.2. The Kier molecular flexibility index (Phi) is 3.01. The zero-order valence-corrected chi connectivity index (χ0v) is 10.9. The minimum Gasteiger partial charge on any atom is -0.325 e. The zero-order valence-electron chi connectivity index (χ0n) is 10.9.